The Morgan fingerprint density at radius 3 is 2.28 bits per heavy atom. The second kappa shape index (κ2) is 5.08. The highest BCUT2D eigenvalue weighted by molar-refractivity contribution is 5.69. The van der Waals surface area contributed by atoms with Gasteiger partial charge in [0.2, 0.25) is 0 Å². The number of rotatable bonds is 4. The van der Waals surface area contributed by atoms with Gasteiger partial charge in [-0.15, -0.1) is 0 Å². The minimum Gasteiger partial charge on any atom is -0.444 e. The van der Waals surface area contributed by atoms with Gasteiger partial charge in [0.25, 0.3) is 0 Å². The number of nitrogens with zero attached hydrogens (tertiary/aromatic N) is 1. The lowest BCUT2D eigenvalue weighted by atomic mass is 9.79. The smallest absolute Gasteiger partial charge is 0.410 e. The number of nitrogens with two attached hydrogens (primary N) is 1. The summed E-state index contributed by atoms with van der Waals surface area (Å²) in [5.74, 6) is 0.586. The normalized spacial score (nSPS) is 22.2. The zero-order valence-corrected chi connectivity index (χ0v) is 11.8. The molecule has 0 aromatic rings. The number of hydrogen-bond donors (Lipinski definition) is 1. The van der Waals surface area contributed by atoms with Gasteiger partial charge < -0.3 is 15.4 Å². The largest absolute Gasteiger partial charge is 0.444 e. The van der Waals surface area contributed by atoms with Crippen molar-refractivity contribution in [3.8, 4) is 0 Å². The van der Waals surface area contributed by atoms with Crippen LogP contribution >= 0.6 is 0 Å². The Balaban J connectivity index is 2.04. The molecule has 0 aromatic carbocycles. The highest BCUT2D eigenvalue weighted by atomic mass is 16.6. The zero-order chi connectivity index (χ0) is 13.3. The molecule has 2 aliphatic carbocycles. The molecule has 4 nitrogen and oxygen atoms in total. The second-order valence-corrected chi connectivity index (χ2v) is 6.61. The van der Waals surface area contributed by atoms with Crippen molar-refractivity contribution in [2.75, 3.05) is 6.54 Å². The van der Waals surface area contributed by atoms with Crippen LogP contribution in [0.15, 0.2) is 0 Å². The maximum atomic E-state index is 12.3. The summed E-state index contributed by atoms with van der Waals surface area (Å²) < 4.78 is 5.53. The van der Waals surface area contributed by atoms with E-state index in [1.807, 2.05) is 25.7 Å². The van der Waals surface area contributed by atoms with Crippen LogP contribution in [0.5, 0.6) is 0 Å². The highest BCUT2D eigenvalue weighted by Crippen LogP contribution is 2.38. The van der Waals surface area contributed by atoms with Crippen LogP contribution in [0.1, 0.15) is 52.9 Å². The summed E-state index contributed by atoms with van der Waals surface area (Å²) in [5.41, 5.74) is 5.47. The van der Waals surface area contributed by atoms with E-state index < -0.39 is 5.60 Å². The summed E-state index contributed by atoms with van der Waals surface area (Å²) in [4.78, 5) is 14.3. The molecule has 0 spiro atoms. The van der Waals surface area contributed by atoms with Gasteiger partial charge in [-0.05, 0) is 52.4 Å². The molecule has 4 heteroatoms. The molecule has 1 atom stereocenters. The van der Waals surface area contributed by atoms with Crippen LogP contribution in [0.2, 0.25) is 0 Å². The van der Waals surface area contributed by atoms with E-state index in [4.69, 9.17) is 10.5 Å². The molecule has 2 aliphatic rings. The van der Waals surface area contributed by atoms with Gasteiger partial charge in [0.05, 0.1) is 6.04 Å². The van der Waals surface area contributed by atoms with Crippen molar-refractivity contribution in [2.24, 2.45) is 11.7 Å². The molecule has 0 saturated heterocycles. The van der Waals surface area contributed by atoms with Gasteiger partial charge in [-0.3, -0.25) is 0 Å². The van der Waals surface area contributed by atoms with Crippen LogP contribution in [0.3, 0.4) is 0 Å². The summed E-state index contributed by atoms with van der Waals surface area (Å²) in [6, 6.07) is 0.551. The monoisotopic (exact) mass is 254 g/mol. The average Bonchev–Trinajstić information content (AvgIpc) is 2.94. The lowest BCUT2D eigenvalue weighted by molar-refractivity contribution is 0.00197. The SMILES string of the molecule is CC(C)(C)OC(=O)N(C1CC1)C(CN)C1CCC1. The molecule has 0 aromatic heterocycles. The minimum absolute atomic E-state index is 0.174. The number of carbonyl (C=O) groups excluding carboxylic acids is 1. The zero-order valence-electron chi connectivity index (χ0n) is 11.8. The van der Waals surface area contributed by atoms with E-state index in [2.05, 4.69) is 0 Å². The highest BCUT2D eigenvalue weighted by Gasteiger charge is 2.43. The topological polar surface area (TPSA) is 55.6 Å². The molecule has 0 aliphatic heterocycles. The molecule has 2 N–H and O–H groups in total. The van der Waals surface area contributed by atoms with Crippen molar-refractivity contribution >= 4 is 6.09 Å². The number of ether oxygens (including phenoxy) is 1. The third-order valence-corrected chi connectivity index (χ3v) is 3.84. The Bertz CT molecular complexity index is 303. The van der Waals surface area contributed by atoms with Crippen LogP contribution in [0, 0.1) is 5.92 Å². The Hall–Kier alpha value is -0.770. The van der Waals surface area contributed by atoms with Gasteiger partial charge in [0, 0.05) is 12.6 Å². The first-order valence-corrected chi connectivity index (χ1v) is 7.14. The predicted molar refractivity (Wildman–Crippen MR) is 71.3 cm³/mol. The van der Waals surface area contributed by atoms with Crippen molar-refractivity contribution < 1.29 is 9.53 Å². The Morgan fingerprint density at radius 1 is 1.33 bits per heavy atom. The molecular weight excluding hydrogens is 228 g/mol. The van der Waals surface area contributed by atoms with Crippen LogP contribution in [-0.2, 0) is 4.74 Å². The summed E-state index contributed by atoms with van der Waals surface area (Å²) in [6.45, 7) is 6.30. The number of hydrogen-bond acceptors (Lipinski definition) is 3. The summed E-state index contributed by atoms with van der Waals surface area (Å²) in [6.07, 6.45) is 5.70. The van der Waals surface area contributed by atoms with E-state index in [0.717, 1.165) is 12.8 Å². The summed E-state index contributed by atoms with van der Waals surface area (Å²) in [5, 5.41) is 0. The Labute approximate surface area is 110 Å². The lowest BCUT2D eigenvalue weighted by Crippen LogP contribution is -2.52. The van der Waals surface area contributed by atoms with Gasteiger partial charge in [0.1, 0.15) is 5.60 Å². The molecule has 0 radical (unpaired) electrons. The maximum absolute atomic E-state index is 12.3. The van der Waals surface area contributed by atoms with E-state index >= 15 is 0 Å². The number of amides is 1. The molecule has 104 valence electrons. The molecule has 18 heavy (non-hydrogen) atoms. The average molecular weight is 254 g/mol. The van der Waals surface area contributed by atoms with Crippen LogP contribution in [-0.4, -0.2) is 35.2 Å². The van der Waals surface area contributed by atoms with Crippen LogP contribution in [0.25, 0.3) is 0 Å². The molecule has 2 rings (SSSR count). The van der Waals surface area contributed by atoms with E-state index in [9.17, 15) is 4.79 Å². The van der Waals surface area contributed by atoms with E-state index in [0.29, 0.717) is 18.5 Å². The molecule has 2 fully saturated rings. The first-order valence-electron chi connectivity index (χ1n) is 7.14. The van der Waals surface area contributed by atoms with E-state index in [-0.39, 0.29) is 12.1 Å². The quantitative estimate of drug-likeness (QED) is 0.838. The molecule has 1 amide bonds. The first-order chi connectivity index (χ1) is 8.42. The van der Waals surface area contributed by atoms with Crippen molar-refractivity contribution in [1.29, 1.82) is 0 Å². The fourth-order valence-corrected chi connectivity index (χ4v) is 2.58. The van der Waals surface area contributed by atoms with Crippen molar-refractivity contribution in [3.05, 3.63) is 0 Å². The van der Waals surface area contributed by atoms with Gasteiger partial charge in [-0.1, -0.05) is 6.42 Å². The van der Waals surface area contributed by atoms with E-state index in [1.54, 1.807) is 0 Å². The van der Waals surface area contributed by atoms with Gasteiger partial charge in [-0.25, -0.2) is 4.79 Å². The molecule has 0 bridgehead atoms. The fraction of sp³-hybridized carbons (Fsp3) is 0.929. The third-order valence-electron chi connectivity index (χ3n) is 3.84. The lowest BCUT2D eigenvalue weighted by Gasteiger charge is -2.41. The summed E-state index contributed by atoms with van der Waals surface area (Å²) in [7, 11) is 0. The van der Waals surface area contributed by atoms with Crippen molar-refractivity contribution in [3.63, 3.8) is 0 Å². The van der Waals surface area contributed by atoms with Gasteiger partial charge >= 0.3 is 6.09 Å². The fourth-order valence-electron chi connectivity index (χ4n) is 2.58. The first kappa shape index (κ1) is 13.7. The van der Waals surface area contributed by atoms with Gasteiger partial charge in [0.15, 0.2) is 0 Å². The van der Waals surface area contributed by atoms with Crippen molar-refractivity contribution in [2.45, 2.75) is 70.6 Å². The van der Waals surface area contributed by atoms with E-state index in [1.165, 1.54) is 19.3 Å². The molecular formula is C14H26N2O2. The summed E-state index contributed by atoms with van der Waals surface area (Å²) >= 11 is 0. The molecule has 0 heterocycles. The Kier molecular flexibility index (Phi) is 3.85. The predicted octanol–water partition coefficient (Wildman–Crippen LogP) is 2.51. The van der Waals surface area contributed by atoms with Crippen molar-refractivity contribution in [1.82, 2.24) is 4.90 Å². The van der Waals surface area contributed by atoms with Crippen LogP contribution < -0.4 is 5.73 Å². The van der Waals surface area contributed by atoms with Crippen LogP contribution in [0.4, 0.5) is 4.79 Å². The van der Waals surface area contributed by atoms with Gasteiger partial charge in [-0.2, -0.15) is 0 Å². The standard InChI is InChI=1S/C14H26N2O2/c1-14(2,3)18-13(17)16(11-7-8-11)12(9-15)10-5-4-6-10/h10-12H,4-9,15H2,1-3H3. The maximum Gasteiger partial charge on any atom is 0.410 e. The Morgan fingerprint density at radius 2 is 1.94 bits per heavy atom. The number of carbonyl (C=O) groups is 1. The second-order valence-electron chi connectivity index (χ2n) is 6.61. The molecule has 2 saturated carbocycles. The minimum atomic E-state index is -0.428. The molecule has 1 unspecified atom stereocenters. The third kappa shape index (κ3) is 3.16.